The van der Waals surface area contributed by atoms with Gasteiger partial charge < -0.3 is 19.3 Å². The summed E-state index contributed by atoms with van der Waals surface area (Å²) in [5.74, 6) is 1.33. The van der Waals surface area contributed by atoms with Crippen LogP contribution >= 0.6 is 0 Å². The summed E-state index contributed by atoms with van der Waals surface area (Å²) in [5.41, 5.74) is 1.08. The molecule has 0 heterocycles. The first-order valence-corrected chi connectivity index (χ1v) is 9.09. The fraction of sp³-hybridized carbons (Fsp3) is 0.222. The molecule has 0 saturated carbocycles. The Labute approximate surface area is 147 Å². The van der Waals surface area contributed by atoms with Gasteiger partial charge in [-0.1, -0.05) is 12.1 Å². The minimum Gasteiger partial charge on any atom is -0.508 e. The zero-order valence-corrected chi connectivity index (χ0v) is 15.0. The van der Waals surface area contributed by atoms with E-state index in [9.17, 15) is 13.5 Å². The molecule has 7 heteroatoms. The number of rotatable bonds is 7. The molecule has 2 rings (SSSR count). The highest BCUT2D eigenvalue weighted by Crippen LogP contribution is 2.35. The van der Waals surface area contributed by atoms with E-state index in [4.69, 9.17) is 14.2 Å². The van der Waals surface area contributed by atoms with Gasteiger partial charge in [-0.15, -0.1) is 0 Å². The molecule has 0 radical (unpaired) electrons. The topological polar surface area (TPSA) is 82.1 Å². The Morgan fingerprint density at radius 2 is 1.52 bits per heavy atom. The summed E-state index contributed by atoms with van der Waals surface area (Å²) < 4.78 is 40.4. The first-order valence-electron chi connectivity index (χ1n) is 7.37. The van der Waals surface area contributed by atoms with Crippen LogP contribution in [0.3, 0.4) is 0 Å². The second-order valence-electron chi connectivity index (χ2n) is 5.22. The van der Waals surface area contributed by atoms with Crippen LogP contribution in [0.1, 0.15) is 11.1 Å². The molecule has 25 heavy (non-hydrogen) atoms. The third-order valence-corrected chi connectivity index (χ3v) is 4.79. The number of phenols is 1. The van der Waals surface area contributed by atoms with Crippen molar-refractivity contribution in [3.05, 3.63) is 52.9 Å². The number of aromatic hydroxyl groups is 1. The van der Waals surface area contributed by atoms with Gasteiger partial charge in [0.25, 0.3) is 0 Å². The molecule has 2 aromatic rings. The van der Waals surface area contributed by atoms with Crippen molar-refractivity contribution in [3.63, 3.8) is 0 Å². The predicted octanol–water partition coefficient (Wildman–Crippen LogP) is 3.00. The lowest BCUT2D eigenvalue weighted by Crippen LogP contribution is -2.00. The van der Waals surface area contributed by atoms with Crippen molar-refractivity contribution in [2.75, 3.05) is 21.3 Å². The van der Waals surface area contributed by atoms with Crippen LogP contribution in [0.25, 0.3) is 6.08 Å². The van der Waals surface area contributed by atoms with E-state index >= 15 is 0 Å². The molecule has 0 atom stereocenters. The fourth-order valence-corrected chi connectivity index (χ4v) is 3.34. The zero-order chi connectivity index (χ0) is 18.4. The van der Waals surface area contributed by atoms with Crippen LogP contribution in [0.4, 0.5) is 0 Å². The van der Waals surface area contributed by atoms with Gasteiger partial charge in [0.2, 0.25) is 0 Å². The Bertz CT molecular complexity index is 829. The van der Waals surface area contributed by atoms with E-state index in [2.05, 4.69) is 0 Å². The Balaban J connectivity index is 2.32. The number of hydrogen-bond acceptors (Lipinski definition) is 6. The molecular formula is C18H20O6S. The maximum Gasteiger partial charge on any atom is 0.175 e. The number of methoxy groups -OCH3 is 3. The standard InChI is InChI=1S/C18H20O6S/c1-22-15-10-17(23-2)16(18(11-15)24-3)8-9-25(20,21)12-13-4-6-14(19)7-5-13/h4-11,19H,12H2,1-3H3/b9-8+. The van der Waals surface area contributed by atoms with Crippen LogP contribution < -0.4 is 14.2 Å². The monoisotopic (exact) mass is 364 g/mol. The van der Waals surface area contributed by atoms with Gasteiger partial charge in [-0.25, -0.2) is 8.42 Å². The lowest BCUT2D eigenvalue weighted by Gasteiger charge is -2.12. The molecule has 0 bridgehead atoms. The highest BCUT2D eigenvalue weighted by Gasteiger charge is 2.13. The van der Waals surface area contributed by atoms with Gasteiger partial charge in [-0.3, -0.25) is 0 Å². The zero-order valence-electron chi connectivity index (χ0n) is 14.2. The van der Waals surface area contributed by atoms with E-state index < -0.39 is 9.84 Å². The summed E-state index contributed by atoms with van der Waals surface area (Å²) in [5, 5.41) is 10.4. The highest BCUT2D eigenvalue weighted by molar-refractivity contribution is 7.93. The largest absolute Gasteiger partial charge is 0.508 e. The molecule has 0 fully saturated rings. The number of ether oxygens (including phenoxy) is 3. The molecule has 0 aromatic heterocycles. The van der Waals surface area contributed by atoms with Crippen LogP contribution in [0.2, 0.25) is 0 Å². The minimum absolute atomic E-state index is 0.0874. The van der Waals surface area contributed by atoms with Crippen molar-refractivity contribution in [2.45, 2.75) is 5.75 Å². The summed E-state index contributed by atoms with van der Waals surface area (Å²) in [4.78, 5) is 0. The van der Waals surface area contributed by atoms with Gasteiger partial charge in [0.1, 0.15) is 23.0 Å². The van der Waals surface area contributed by atoms with Crippen molar-refractivity contribution >= 4 is 15.9 Å². The maximum absolute atomic E-state index is 12.3. The molecule has 0 aliphatic carbocycles. The molecular weight excluding hydrogens is 344 g/mol. The quantitative estimate of drug-likeness (QED) is 0.813. The fourth-order valence-electron chi connectivity index (χ4n) is 2.24. The normalized spacial score (nSPS) is 11.5. The van der Waals surface area contributed by atoms with Crippen LogP contribution in [-0.2, 0) is 15.6 Å². The molecule has 6 nitrogen and oxygen atoms in total. The Kier molecular flexibility index (Phi) is 5.93. The summed E-state index contributed by atoms with van der Waals surface area (Å²) in [6.07, 6.45) is 1.44. The average molecular weight is 364 g/mol. The summed E-state index contributed by atoms with van der Waals surface area (Å²) in [6, 6.07) is 9.32. The second-order valence-corrected chi connectivity index (χ2v) is 7.11. The SMILES string of the molecule is COc1cc(OC)c(/C=C/S(=O)(=O)Cc2ccc(O)cc2)c(OC)c1. The molecule has 2 aromatic carbocycles. The Hall–Kier alpha value is -2.67. The van der Waals surface area contributed by atoms with E-state index in [1.807, 2.05) is 0 Å². The maximum atomic E-state index is 12.3. The minimum atomic E-state index is -3.52. The molecule has 0 amide bonds. The van der Waals surface area contributed by atoms with Crippen molar-refractivity contribution in [2.24, 2.45) is 0 Å². The van der Waals surface area contributed by atoms with Crippen molar-refractivity contribution in [1.29, 1.82) is 0 Å². The molecule has 134 valence electrons. The van der Waals surface area contributed by atoms with E-state index in [1.165, 1.54) is 39.5 Å². The third-order valence-electron chi connectivity index (χ3n) is 3.50. The van der Waals surface area contributed by atoms with Crippen molar-refractivity contribution < 1.29 is 27.7 Å². The Morgan fingerprint density at radius 3 is 2.00 bits per heavy atom. The van der Waals surface area contributed by atoms with E-state index in [0.717, 1.165) is 5.41 Å². The summed E-state index contributed by atoms with van der Waals surface area (Å²) in [7, 11) is 0.969. The van der Waals surface area contributed by atoms with Crippen molar-refractivity contribution in [3.8, 4) is 23.0 Å². The number of hydrogen-bond donors (Lipinski definition) is 1. The first-order chi connectivity index (χ1) is 11.9. The van der Waals surface area contributed by atoms with Gasteiger partial charge in [0.05, 0.1) is 32.6 Å². The average Bonchev–Trinajstić information content (AvgIpc) is 2.61. The summed E-state index contributed by atoms with van der Waals surface area (Å²) >= 11 is 0. The molecule has 0 spiro atoms. The lowest BCUT2D eigenvalue weighted by atomic mass is 10.1. The van der Waals surface area contributed by atoms with E-state index in [1.54, 1.807) is 24.3 Å². The van der Waals surface area contributed by atoms with Crippen LogP contribution in [0.5, 0.6) is 23.0 Å². The summed E-state index contributed by atoms with van der Waals surface area (Å²) in [6.45, 7) is 0. The highest BCUT2D eigenvalue weighted by atomic mass is 32.2. The number of benzene rings is 2. The van der Waals surface area contributed by atoms with Crippen LogP contribution in [-0.4, -0.2) is 34.9 Å². The predicted molar refractivity (Wildman–Crippen MR) is 95.9 cm³/mol. The van der Waals surface area contributed by atoms with Gasteiger partial charge >= 0.3 is 0 Å². The molecule has 1 N–H and O–H groups in total. The molecule has 0 aliphatic rings. The van der Waals surface area contributed by atoms with Crippen LogP contribution in [0, 0.1) is 0 Å². The van der Waals surface area contributed by atoms with Gasteiger partial charge in [0.15, 0.2) is 9.84 Å². The van der Waals surface area contributed by atoms with Crippen LogP contribution in [0.15, 0.2) is 41.8 Å². The lowest BCUT2D eigenvalue weighted by molar-refractivity contribution is 0.374. The first kappa shape index (κ1) is 18.7. The van der Waals surface area contributed by atoms with Gasteiger partial charge in [-0.2, -0.15) is 0 Å². The van der Waals surface area contributed by atoms with E-state index in [-0.39, 0.29) is 11.5 Å². The molecule has 0 saturated heterocycles. The smallest absolute Gasteiger partial charge is 0.175 e. The second kappa shape index (κ2) is 7.94. The molecule has 0 aliphatic heterocycles. The number of sulfone groups is 1. The third kappa shape index (κ3) is 4.90. The van der Waals surface area contributed by atoms with E-state index in [0.29, 0.717) is 28.4 Å². The van der Waals surface area contributed by atoms with Gasteiger partial charge in [0, 0.05) is 17.5 Å². The Morgan fingerprint density at radius 1 is 0.960 bits per heavy atom. The number of phenolic OH excluding ortho intramolecular Hbond substituents is 1. The van der Waals surface area contributed by atoms with Crippen molar-refractivity contribution in [1.82, 2.24) is 0 Å². The molecule has 0 unspecified atom stereocenters. The van der Waals surface area contributed by atoms with Gasteiger partial charge in [-0.05, 0) is 23.8 Å².